The number of rotatable bonds is 2. The highest BCUT2D eigenvalue weighted by atomic mass is 19.1. The van der Waals surface area contributed by atoms with Crippen LogP contribution in [0.15, 0.2) is 42.5 Å². The highest BCUT2D eigenvalue weighted by Crippen LogP contribution is 2.56. The van der Waals surface area contributed by atoms with Gasteiger partial charge in [-0.15, -0.1) is 0 Å². The van der Waals surface area contributed by atoms with Crippen LogP contribution in [0, 0.1) is 18.3 Å². The monoisotopic (exact) mass is 273 g/mol. The summed E-state index contributed by atoms with van der Waals surface area (Å²) >= 11 is 0. The zero-order valence-electron chi connectivity index (χ0n) is 11.2. The standard InChI is InChI=1S/C16H15F2N2/c1-19-10-20(11-19,16-5-3-2-4-15(16)19)9-12-6-7-13(17)8-14(12)18/h2-8,10H,9,11H2,1H3/q+1/t19-,20+/m0/s1. The highest BCUT2D eigenvalue weighted by molar-refractivity contribution is 5.77. The summed E-state index contributed by atoms with van der Waals surface area (Å²) in [7, 11) is 2.16. The molecule has 20 heavy (non-hydrogen) atoms. The Morgan fingerprint density at radius 3 is 2.50 bits per heavy atom. The first kappa shape index (κ1) is 12.0. The lowest BCUT2D eigenvalue weighted by atomic mass is 10.1. The Bertz CT molecular complexity index is 705. The van der Waals surface area contributed by atoms with Crippen molar-refractivity contribution in [3.63, 3.8) is 0 Å². The van der Waals surface area contributed by atoms with E-state index in [0.29, 0.717) is 16.6 Å². The lowest BCUT2D eigenvalue weighted by molar-refractivity contribution is 0.0947. The molecule has 4 heteroatoms. The Labute approximate surface area is 116 Å². The summed E-state index contributed by atoms with van der Waals surface area (Å²) in [4.78, 5) is 0. The van der Waals surface area contributed by atoms with Crippen LogP contribution in [-0.2, 0) is 6.54 Å². The summed E-state index contributed by atoms with van der Waals surface area (Å²) in [5.74, 6) is -0.988. The minimum Gasteiger partial charge on any atom is -0.325 e. The first-order chi connectivity index (χ1) is 9.52. The molecule has 0 unspecified atom stereocenters. The van der Waals surface area contributed by atoms with Gasteiger partial charge in [0.05, 0.1) is 20.3 Å². The molecular formula is C16H15F2N2+. The normalized spacial score (nSPS) is 29.9. The van der Waals surface area contributed by atoms with E-state index in [9.17, 15) is 8.78 Å². The van der Waals surface area contributed by atoms with Crippen LogP contribution in [0.25, 0.3) is 0 Å². The molecule has 0 aliphatic carbocycles. The molecule has 0 amide bonds. The minimum absolute atomic E-state index is 0.462. The van der Waals surface area contributed by atoms with E-state index < -0.39 is 11.6 Å². The van der Waals surface area contributed by atoms with Crippen LogP contribution < -0.4 is 8.97 Å². The molecule has 2 nitrogen and oxygen atoms in total. The fraction of sp³-hybridized carbons (Fsp3) is 0.188. The third-order valence-corrected chi connectivity index (χ3v) is 4.40. The van der Waals surface area contributed by atoms with Crippen LogP contribution in [-0.4, -0.2) is 13.7 Å². The number of hydrogen-bond donors (Lipinski definition) is 0. The van der Waals surface area contributed by atoms with E-state index in [2.05, 4.69) is 25.8 Å². The number of nitrogens with zero attached hydrogens (tertiary/aromatic N) is 2. The van der Waals surface area contributed by atoms with E-state index in [-0.39, 0.29) is 0 Å². The van der Waals surface area contributed by atoms with Crippen molar-refractivity contribution in [2.75, 3.05) is 13.7 Å². The Balaban J connectivity index is 1.75. The maximum absolute atomic E-state index is 13.9. The van der Waals surface area contributed by atoms with Gasteiger partial charge in [-0.1, -0.05) is 12.1 Å². The fourth-order valence-corrected chi connectivity index (χ4v) is 3.67. The summed E-state index contributed by atoms with van der Waals surface area (Å²) in [6, 6.07) is 12.1. The van der Waals surface area contributed by atoms with E-state index >= 15 is 0 Å². The molecule has 102 valence electrons. The van der Waals surface area contributed by atoms with Gasteiger partial charge in [-0.25, -0.2) is 8.78 Å². The van der Waals surface area contributed by atoms with Crippen LogP contribution in [0.2, 0.25) is 0 Å². The second kappa shape index (κ2) is 3.65. The zero-order chi connectivity index (χ0) is 14.0. The summed E-state index contributed by atoms with van der Waals surface area (Å²) in [5, 5.41) is 0. The van der Waals surface area contributed by atoms with E-state index in [1.165, 1.54) is 17.4 Å². The average molecular weight is 273 g/mol. The van der Waals surface area contributed by atoms with E-state index in [1.54, 1.807) is 6.07 Å². The predicted molar refractivity (Wildman–Crippen MR) is 75.2 cm³/mol. The quantitative estimate of drug-likeness (QED) is 0.580. The molecule has 3 aliphatic rings. The smallest absolute Gasteiger partial charge is 0.176 e. The van der Waals surface area contributed by atoms with Crippen LogP contribution in [0.1, 0.15) is 5.56 Å². The Kier molecular flexibility index (Phi) is 2.19. The van der Waals surface area contributed by atoms with Crippen molar-refractivity contribution >= 4 is 11.4 Å². The van der Waals surface area contributed by atoms with Gasteiger partial charge in [0.15, 0.2) is 18.0 Å². The molecule has 0 radical (unpaired) electrons. The Hall–Kier alpha value is -1.78. The van der Waals surface area contributed by atoms with E-state index in [0.717, 1.165) is 17.2 Å². The molecule has 2 atom stereocenters. The van der Waals surface area contributed by atoms with Gasteiger partial charge in [-0.2, -0.15) is 0 Å². The molecule has 0 aromatic heterocycles. The van der Waals surface area contributed by atoms with E-state index in [1.807, 2.05) is 12.1 Å². The Morgan fingerprint density at radius 2 is 1.80 bits per heavy atom. The van der Waals surface area contributed by atoms with Crippen molar-refractivity contribution in [2.45, 2.75) is 6.54 Å². The van der Waals surface area contributed by atoms with Crippen LogP contribution >= 0.6 is 0 Å². The van der Waals surface area contributed by atoms with Gasteiger partial charge in [0.25, 0.3) is 0 Å². The van der Waals surface area contributed by atoms with Crippen LogP contribution in [0.4, 0.5) is 20.2 Å². The fourth-order valence-electron chi connectivity index (χ4n) is 3.67. The summed E-state index contributed by atoms with van der Waals surface area (Å²) in [5.41, 5.74) is 3.05. The summed E-state index contributed by atoms with van der Waals surface area (Å²) < 4.78 is 28.3. The van der Waals surface area contributed by atoms with Crippen LogP contribution in [0.5, 0.6) is 0 Å². The van der Waals surface area contributed by atoms with Crippen molar-refractivity contribution < 1.29 is 8.78 Å². The molecule has 1 saturated heterocycles. The number of quaternary nitrogens is 2. The molecule has 2 aromatic rings. The zero-order valence-corrected chi connectivity index (χ0v) is 11.2. The third kappa shape index (κ3) is 1.43. The van der Waals surface area contributed by atoms with Gasteiger partial charge in [-0.05, 0) is 12.1 Å². The molecule has 3 aliphatic heterocycles. The van der Waals surface area contributed by atoms with Crippen molar-refractivity contribution in [3.05, 3.63) is 66.3 Å². The molecule has 5 rings (SSSR count). The molecule has 0 N–H and O–H groups in total. The van der Waals surface area contributed by atoms with Crippen molar-refractivity contribution in [3.8, 4) is 0 Å². The van der Waals surface area contributed by atoms with Gasteiger partial charge >= 0.3 is 0 Å². The highest BCUT2D eigenvalue weighted by Gasteiger charge is 2.57. The van der Waals surface area contributed by atoms with Crippen LogP contribution in [0.3, 0.4) is 0 Å². The van der Waals surface area contributed by atoms with Crippen molar-refractivity contribution in [2.24, 2.45) is 0 Å². The average Bonchev–Trinajstić information content (AvgIpc) is 2.77. The molecule has 0 saturated carbocycles. The second-order valence-corrected chi connectivity index (χ2v) is 5.94. The minimum atomic E-state index is -0.527. The first-order valence-corrected chi connectivity index (χ1v) is 6.66. The SMILES string of the molecule is C[N@+]12[CH-][N@+](Cc3ccc(F)cc3F)(C1)c1ccccc12. The summed E-state index contributed by atoms with van der Waals surface area (Å²) in [6.07, 6.45) is 0. The number of para-hydroxylation sites is 2. The maximum atomic E-state index is 13.9. The number of halogens is 2. The third-order valence-electron chi connectivity index (χ3n) is 4.40. The largest absolute Gasteiger partial charge is 0.325 e. The predicted octanol–water partition coefficient (Wildman–Crippen LogP) is 3.51. The lowest BCUT2D eigenvalue weighted by Crippen LogP contribution is -2.70. The molecular weight excluding hydrogens is 258 g/mol. The Morgan fingerprint density at radius 1 is 1.10 bits per heavy atom. The topological polar surface area (TPSA) is 0 Å². The molecule has 2 aromatic carbocycles. The number of benzene rings is 2. The van der Waals surface area contributed by atoms with Gasteiger partial charge in [0, 0.05) is 23.8 Å². The number of hydrogen-bond acceptors (Lipinski definition) is 0. The molecule has 3 heterocycles. The summed E-state index contributed by atoms with van der Waals surface area (Å²) in [6.45, 7) is 3.65. The first-order valence-electron chi connectivity index (χ1n) is 6.66. The lowest BCUT2D eigenvalue weighted by Gasteiger charge is -2.55. The van der Waals surface area contributed by atoms with Gasteiger partial charge < -0.3 is 8.97 Å². The van der Waals surface area contributed by atoms with Crippen molar-refractivity contribution in [1.82, 2.24) is 8.97 Å². The van der Waals surface area contributed by atoms with Crippen molar-refractivity contribution in [1.29, 1.82) is 0 Å². The van der Waals surface area contributed by atoms with Gasteiger partial charge in [-0.3, -0.25) is 0 Å². The van der Waals surface area contributed by atoms with E-state index in [4.69, 9.17) is 0 Å². The molecule has 0 spiro atoms. The maximum Gasteiger partial charge on any atom is 0.176 e. The van der Waals surface area contributed by atoms with Gasteiger partial charge in [0.1, 0.15) is 11.6 Å². The molecule has 2 bridgehead atoms. The second-order valence-electron chi connectivity index (χ2n) is 5.94. The van der Waals surface area contributed by atoms with Gasteiger partial charge in [0.2, 0.25) is 0 Å². The molecule has 1 fully saturated rings.